The monoisotopic (exact) mass is 250 g/mol. The van der Waals surface area contributed by atoms with E-state index >= 15 is 0 Å². The molecule has 0 amide bonds. The number of hydrogen-bond donors (Lipinski definition) is 0. The third-order valence-electron chi connectivity index (χ3n) is 1.98. The van der Waals surface area contributed by atoms with Gasteiger partial charge in [-0.1, -0.05) is 23.7 Å². The summed E-state index contributed by atoms with van der Waals surface area (Å²) in [6.45, 7) is 3.79. The maximum absolute atomic E-state index is 5.92. The average molecular weight is 251 g/mol. The first-order valence-electron chi connectivity index (χ1n) is 4.68. The van der Waals surface area contributed by atoms with Crippen molar-refractivity contribution in [3.05, 3.63) is 34.1 Å². The first kappa shape index (κ1) is 15.9. The van der Waals surface area contributed by atoms with Crippen molar-refractivity contribution in [1.82, 2.24) is 4.90 Å². The van der Waals surface area contributed by atoms with E-state index in [0.717, 1.165) is 29.4 Å². The standard InChI is InChI=1S/C11H16ClN2.K/c1-9-8-10(4-5-11(9)12)13-6-7-14(2)3;/h4-5,8H,6-7H2,1-3H3;/q-1;+1. The van der Waals surface area contributed by atoms with Gasteiger partial charge < -0.3 is 10.2 Å². The van der Waals surface area contributed by atoms with Crippen LogP contribution in [0.4, 0.5) is 5.69 Å². The molecule has 0 aromatic heterocycles. The molecule has 0 N–H and O–H groups in total. The smallest absolute Gasteiger partial charge is 0.683 e. The molecule has 2 nitrogen and oxygen atoms in total. The number of halogens is 1. The first-order valence-corrected chi connectivity index (χ1v) is 5.06. The van der Waals surface area contributed by atoms with Crippen LogP contribution in [0.15, 0.2) is 18.2 Å². The van der Waals surface area contributed by atoms with Crippen molar-refractivity contribution in [3.63, 3.8) is 0 Å². The summed E-state index contributed by atoms with van der Waals surface area (Å²) in [4.78, 5) is 2.12. The molecule has 0 bridgehead atoms. The van der Waals surface area contributed by atoms with E-state index in [1.807, 2.05) is 39.2 Å². The van der Waals surface area contributed by atoms with E-state index in [0.29, 0.717) is 0 Å². The van der Waals surface area contributed by atoms with E-state index < -0.39 is 0 Å². The van der Waals surface area contributed by atoms with E-state index in [9.17, 15) is 0 Å². The minimum Gasteiger partial charge on any atom is -0.683 e. The second-order valence-corrected chi connectivity index (χ2v) is 4.03. The van der Waals surface area contributed by atoms with Gasteiger partial charge in [0.25, 0.3) is 0 Å². The van der Waals surface area contributed by atoms with Crippen molar-refractivity contribution >= 4 is 17.3 Å². The van der Waals surface area contributed by atoms with Crippen LogP contribution in [0.1, 0.15) is 5.56 Å². The van der Waals surface area contributed by atoms with Crippen LogP contribution in [-0.2, 0) is 0 Å². The Hall–Kier alpha value is 0.906. The molecule has 15 heavy (non-hydrogen) atoms. The molecule has 1 aromatic rings. The SMILES string of the molecule is Cc1cc([N-]CCN(C)C)ccc1Cl.[K+]. The van der Waals surface area contributed by atoms with Crippen molar-refractivity contribution in [2.24, 2.45) is 0 Å². The zero-order chi connectivity index (χ0) is 10.6. The second kappa shape index (κ2) is 8.06. The number of hydrogen-bond acceptors (Lipinski definition) is 1. The molecule has 4 heteroatoms. The van der Waals surface area contributed by atoms with E-state index in [1.165, 1.54) is 0 Å². The summed E-state index contributed by atoms with van der Waals surface area (Å²) in [5.74, 6) is 0. The Morgan fingerprint density at radius 2 is 2.00 bits per heavy atom. The van der Waals surface area contributed by atoms with Crippen LogP contribution in [0, 0.1) is 6.92 Å². The molecule has 78 valence electrons. The number of benzene rings is 1. The molecule has 0 radical (unpaired) electrons. The third-order valence-corrected chi connectivity index (χ3v) is 2.41. The predicted octanol–water partition coefficient (Wildman–Crippen LogP) is 0.219. The van der Waals surface area contributed by atoms with Gasteiger partial charge in [-0.05, 0) is 39.2 Å². The fraction of sp³-hybridized carbons (Fsp3) is 0.455. The molecule has 1 aromatic carbocycles. The summed E-state index contributed by atoms with van der Waals surface area (Å²) in [5, 5.41) is 5.25. The van der Waals surface area contributed by atoms with Gasteiger partial charge in [0.15, 0.2) is 0 Å². The average Bonchev–Trinajstić information content (AvgIpc) is 2.10. The van der Waals surface area contributed by atoms with Crippen LogP contribution in [0.25, 0.3) is 5.32 Å². The third kappa shape index (κ3) is 6.27. The van der Waals surface area contributed by atoms with Crippen molar-refractivity contribution < 1.29 is 51.4 Å². The zero-order valence-corrected chi connectivity index (χ0v) is 13.8. The summed E-state index contributed by atoms with van der Waals surface area (Å²) in [6, 6.07) is 5.86. The number of aryl methyl sites for hydroxylation is 1. The Morgan fingerprint density at radius 1 is 1.33 bits per heavy atom. The van der Waals surface area contributed by atoms with E-state index in [-0.39, 0.29) is 51.4 Å². The van der Waals surface area contributed by atoms with Crippen molar-refractivity contribution in [2.75, 3.05) is 27.2 Å². The molecule has 0 aliphatic heterocycles. The maximum Gasteiger partial charge on any atom is 1.00 e. The molecule has 1 rings (SSSR count). The van der Waals surface area contributed by atoms with Gasteiger partial charge in [0.1, 0.15) is 0 Å². The van der Waals surface area contributed by atoms with Crippen LogP contribution in [0.3, 0.4) is 0 Å². The van der Waals surface area contributed by atoms with Crippen LogP contribution in [0.5, 0.6) is 0 Å². The first-order chi connectivity index (χ1) is 6.59. The van der Waals surface area contributed by atoms with Crippen LogP contribution >= 0.6 is 11.6 Å². The summed E-state index contributed by atoms with van der Waals surface area (Å²) in [5.41, 5.74) is 2.09. The molecule has 0 unspecified atom stereocenters. The molecule has 0 atom stereocenters. The van der Waals surface area contributed by atoms with Gasteiger partial charge >= 0.3 is 51.4 Å². The Kier molecular flexibility index (Phi) is 8.55. The van der Waals surface area contributed by atoms with Gasteiger partial charge in [-0.3, -0.25) is 0 Å². The van der Waals surface area contributed by atoms with E-state index in [2.05, 4.69) is 10.2 Å². The Balaban J connectivity index is 0.00000196. The Labute approximate surface area is 140 Å². The Bertz CT molecular complexity index is 303. The normalized spacial score (nSPS) is 9.93. The fourth-order valence-corrected chi connectivity index (χ4v) is 1.22. The number of likely N-dealkylation sites (N-methyl/N-ethyl adjacent to an activating group) is 1. The largest absolute Gasteiger partial charge is 1.00 e. The minimum absolute atomic E-state index is 0. The molecule has 0 heterocycles. The zero-order valence-electron chi connectivity index (χ0n) is 9.92. The summed E-state index contributed by atoms with van der Waals surface area (Å²) in [6.07, 6.45) is 0. The van der Waals surface area contributed by atoms with Gasteiger partial charge in [0.05, 0.1) is 0 Å². The fourth-order valence-electron chi connectivity index (χ4n) is 1.11. The molecular weight excluding hydrogens is 235 g/mol. The van der Waals surface area contributed by atoms with Crippen LogP contribution in [-0.4, -0.2) is 32.1 Å². The van der Waals surface area contributed by atoms with E-state index in [1.54, 1.807) is 0 Å². The van der Waals surface area contributed by atoms with Crippen LogP contribution in [0.2, 0.25) is 5.02 Å². The molecule has 0 saturated heterocycles. The van der Waals surface area contributed by atoms with Gasteiger partial charge in [-0.15, -0.1) is 12.2 Å². The molecule has 0 aliphatic rings. The van der Waals surface area contributed by atoms with Crippen molar-refractivity contribution in [3.8, 4) is 0 Å². The predicted molar refractivity (Wildman–Crippen MR) is 62.6 cm³/mol. The summed E-state index contributed by atoms with van der Waals surface area (Å²) in [7, 11) is 4.09. The quantitative estimate of drug-likeness (QED) is 0.699. The molecular formula is C11H16ClKN2. The van der Waals surface area contributed by atoms with E-state index in [4.69, 9.17) is 11.6 Å². The van der Waals surface area contributed by atoms with Gasteiger partial charge in [0.2, 0.25) is 0 Å². The van der Waals surface area contributed by atoms with Gasteiger partial charge in [-0.25, -0.2) is 0 Å². The van der Waals surface area contributed by atoms with Gasteiger partial charge in [0, 0.05) is 5.02 Å². The maximum atomic E-state index is 5.92. The summed E-state index contributed by atoms with van der Waals surface area (Å²) < 4.78 is 0. The summed E-state index contributed by atoms with van der Waals surface area (Å²) >= 11 is 5.92. The topological polar surface area (TPSA) is 17.3 Å². The molecule has 0 saturated carbocycles. The minimum atomic E-state index is 0. The number of nitrogens with zero attached hydrogens (tertiary/aromatic N) is 2. The molecule has 0 aliphatic carbocycles. The Morgan fingerprint density at radius 3 is 2.53 bits per heavy atom. The molecule has 0 spiro atoms. The van der Waals surface area contributed by atoms with Crippen molar-refractivity contribution in [2.45, 2.75) is 6.92 Å². The van der Waals surface area contributed by atoms with Crippen molar-refractivity contribution in [1.29, 1.82) is 0 Å². The number of rotatable bonds is 4. The second-order valence-electron chi connectivity index (χ2n) is 3.62. The van der Waals surface area contributed by atoms with Gasteiger partial charge in [-0.2, -0.15) is 0 Å². The van der Waals surface area contributed by atoms with Crippen LogP contribution < -0.4 is 51.4 Å². The molecule has 0 fully saturated rings.